The molecule has 0 bridgehead atoms. The van der Waals surface area contributed by atoms with Crippen molar-refractivity contribution in [2.75, 3.05) is 30.4 Å². The van der Waals surface area contributed by atoms with E-state index >= 15 is 0 Å². The fraction of sp³-hybridized carbons (Fsp3) is 0.292. The molecular weight excluding hydrogens is 380 g/mol. The standard InChI is InChI=1S/C24H28N2O4/c1-5-26(6-2)18-7-13-22(17(3)15-18)25-24(27)23-14-12-21(30-23)16-29-20-10-8-19(28-4)9-11-20/h7-15H,5-6,16H2,1-4H3,(H,25,27). The van der Waals surface area contributed by atoms with Gasteiger partial charge in [0.05, 0.1) is 7.11 Å². The third-order valence-electron chi connectivity index (χ3n) is 4.91. The number of hydrogen-bond acceptors (Lipinski definition) is 5. The summed E-state index contributed by atoms with van der Waals surface area (Å²) in [5.41, 5.74) is 2.91. The lowest BCUT2D eigenvalue weighted by Crippen LogP contribution is -2.22. The van der Waals surface area contributed by atoms with Crippen LogP contribution in [0.4, 0.5) is 11.4 Å². The van der Waals surface area contributed by atoms with Crippen LogP contribution in [0, 0.1) is 6.92 Å². The molecule has 0 unspecified atom stereocenters. The number of hydrogen-bond donors (Lipinski definition) is 1. The van der Waals surface area contributed by atoms with Crippen LogP contribution in [-0.2, 0) is 6.61 Å². The molecule has 3 aromatic rings. The highest BCUT2D eigenvalue weighted by molar-refractivity contribution is 6.02. The number of ether oxygens (including phenoxy) is 2. The zero-order chi connectivity index (χ0) is 21.5. The smallest absolute Gasteiger partial charge is 0.291 e. The molecule has 0 aliphatic rings. The molecular formula is C24H28N2O4. The van der Waals surface area contributed by atoms with Crippen LogP contribution in [0.25, 0.3) is 0 Å². The zero-order valence-corrected chi connectivity index (χ0v) is 17.9. The Morgan fingerprint density at radius 3 is 2.33 bits per heavy atom. The molecule has 0 radical (unpaired) electrons. The number of carbonyl (C=O) groups is 1. The Hall–Kier alpha value is -3.41. The van der Waals surface area contributed by atoms with Gasteiger partial charge in [0.25, 0.3) is 5.91 Å². The van der Waals surface area contributed by atoms with Gasteiger partial charge in [-0.25, -0.2) is 0 Å². The zero-order valence-electron chi connectivity index (χ0n) is 17.9. The first-order valence-electron chi connectivity index (χ1n) is 10.1. The number of carbonyl (C=O) groups excluding carboxylic acids is 1. The van der Waals surface area contributed by atoms with Crippen LogP contribution >= 0.6 is 0 Å². The van der Waals surface area contributed by atoms with Crippen LogP contribution in [0.3, 0.4) is 0 Å². The predicted molar refractivity (Wildman–Crippen MR) is 119 cm³/mol. The van der Waals surface area contributed by atoms with Crippen LogP contribution in [-0.4, -0.2) is 26.1 Å². The Labute approximate surface area is 177 Å². The van der Waals surface area contributed by atoms with E-state index in [-0.39, 0.29) is 18.3 Å². The van der Waals surface area contributed by atoms with Crippen molar-refractivity contribution in [3.8, 4) is 11.5 Å². The van der Waals surface area contributed by atoms with Crippen molar-refractivity contribution in [2.24, 2.45) is 0 Å². The second kappa shape index (κ2) is 9.87. The van der Waals surface area contributed by atoms with E-state index < -0.39 is 0 Å². The molecule has 1 heterocycles. The second-order valence-corrected chi connectivity index (χ2v) is 6.86. The highest BCUT2D eigenvalue weighted by Gasteiger charge is 2.14. The maximum absolute atomic E-state index is 12.6. The molecule has 2 aromatic carbocycles. The molecule has 0 fully saturated rings. The predicted octanol–water partition coefficient (Wildman–Crippen LogP) is 5.27. The molecule has 6 nitrogen and oxygen atoms in total. The van der Waals surface area contributed by atoms with Crippen LogP contribution in [0.5, 0.6) is 11.5 Å². The van der Waals surface area contributed by atoms with Crippen LogP contribution in [0.2, 0.25) is 0 Å². The van der Waals surface area contributed by atoms with E-state index in [9.17, 15) is 4.79 Å². The summed E-state index contributed by atoms with van der Waals surface area (Å²) >= 11 is 0. The van der Waals surface area contributed by atoms with E-state index in [1.54, 1.807) is 19.2 Å². The Morgan fingerprint density at radius 2 is 1.70 bits per heavy atom. The monoisotopic (exact) mass is 408 g/mol. The number of furan rings is 1. The van der Waals surface area contributed by atoms with Crippen LogP contribution in [0.15, 0.2) is 59.0 Å². The van der Waals surface area contributed by atoms with E-state index in [0.29, 0.717) is 11.5 Å². The summed E-state index contributed by atoms with van der Waals surface area (Å²) in [6.07, 6.45) is 0. The number of benzene rings is 2. The fourth-order valence-corrected chi connectivity index (χ4v) is 3.16. The Kier molecular flexibility index (Phi) is 7.01. The van der Waals surface area contributed by atoms with Gasteiger partial charge in [0.1, 0.15) is 23.9 Å². The second-order valence-electron chi connectivity index (χ2n) is 6.86. The van der Waals surface area contributed by atoms with E-state index in [1.807, 2.05) is 43.3 Å². The van der Waals surface area contributed by atoms with Gasteiger partial charge in [0.15, 0.2) is 5.76 Å². The third kappa shape index (κ3) is 5.14. The maximum atomic E-state index is 12.6. The van der Waals surface area contributed by atoms with E-state index in [4.69, 9.17) is 13.9 Å². The van der Waals surface area contributed by atoms with Crippen molar-refractivity contribution in [3.63, 3.8) is 0 Å². The summed E-state index contributed by atoms with van der Waals surface area (Å²) in [4.78, 5) is 14.8. The first kappa shape index (κ1) is 21.3. The molecule has 0 saturated carbocycles. The lowest BCUT2D eigenvalue weighted by molar-refractivity contribution is 0.0992. The molecule has 1 N–H and O–H groups in total. The van der Waals surface area contributed by atoms with Gasteiger partial charge in [-0.2, -0.15) is 0 Å². The van der Waals surface area contributed by atoms with E-state index in [0.717, 1.165) is 35.8 Å². The number of nitrogens with zero attached hydrogens (tertiary/aromatic N) is 1. The van der Waals surface area contributed by atoms with Gasteiger partial charge in [0, 0.05) is 24.5 Å². The number of aryl methyl sites for hydroxylation is 1. The van der Waals surface area contributed by atoms with Crippen LogP contribution < -0.4 is 19.7 Å². The third-order valence-corrected chi connectivity index (χ3v) is 4.91. The number of nitrogens with one attached hydrogen (secondary N) is 1. The lowest BCUT2D eigenvalue weighted by atomic mass is 10.1. The molecule has 0 aliphatic carbocycles. The first-order valence-corrected chi connectivity index (χ1v) is 10.1. The van der Waals surface area contributed by atoms with Gasteiger partial charge in [0.2, 0.25) is 0 Å². The number of amides is 1. The Balaban J connectivity index is 1.60. The summed E-state index contributed by atoms with van der Waals surface area (Å²) in [6.45, 7) is 8.35. The highest BCUT2D eigenvalue weighted by Crippen LogP contribution is 2.24. The van der Waals surface area contributed by atoms with E-state index in [2.05, 4.69) is 30.1 Å². The summed E-state index contributed by atoms with van der Waals surface area (Å²) < 4.78 is 16.5. The molecule has 6 heteroatoms. The van der Waals surface area contributed by atoms with Crippen molar-refractivity contribution >= 4 is 17.3 Å². The fourth-order valence-electron chi connectivity index (χ4n) is 3.16. The normalized spacial score (nSPS) is 10.5. The van der Waals surface area contributed by atoms with Gasteiger partial charge in [-0.1, -0.05) is 0 Å². The minimum absolute atomic E-state index is 0.233. The summed E-state index contributed by atoms with van der Waals surface area (Å²) in [7, 11) is 1.62. The van der Waals surface area contributed by atoms with Gasteiger partial charge < -0.3 is 24.1 Å². The van der Waals surface area contributed by atoms with Crippen LogP contribution in [0.1, 0.15) is 35.7 Å². The highest BCUT2D eigenvalue weighted by atomic mass is 16.5. The average Bonchev–Trinajstić information content (AvgIpc) is 3.24. The van der Waals surface area contributed by atoms with Crippen molar-refractivity contribution in [3.05, 3.63) is 71.7 Å². The van der Waals surface area contributed by atoms with Crippen molar-refractivity contribution in [2.45, 2.75) is 27.4 Å². The minimum atomic E-state index is -0.288. The van der Waals surface area contributed by atoms with Crippen molar-refractivity contribution in [1.82, 2.24) is 0 Å². The largest absolute Gasteiger partial charge is 0.497 e. The van der Waals surface area contributed by atoms with Gasteiger partial charge in [-0.3, -0.25) is 4.79 Å². The number of anilines is 2. The summed E-state index contributed by atoms with van der Waals surface area (Å²) in [6, 6.07) is 16.7. The average molecular weight is 408 g/mol. The molecule has 0 spiro atoms. The summed E-state index contributed by atoms with van der Waals surface area (Å²) in [5.74, 6) is 1.99. The van der Waals surface area contributed by atoms with Gasteiger partial charge in [-0.15, -0.1) is 0 Å². The quantitative estimate of drug-likeness (QED) is 0.522. The molecule has 3 rings (SSSR count). The molecule has 30 heavy (non-hydrogen) atoms. The van der Waals surface area contributed by atoms with Crippen molar-refractivity contribution in [1.29, 1.82) is 0 Å². The SMILES string of the molecule is CCN(CC)c1ccc(NC(=O)c2ccc(COc3ccc(OC)cc3)o2)c(C)c1. The first-order chi connectivity index (χ1) is 14.5. The maximum Gasteiger partial charge on any atom is 0.291 e. The number of rotatable bonds is 9. The number of methoxy groups -OCH3 is 1. The van der Waals surface area contributed by atoms with Gasteiger partial charge in [-0.05, 0) is 80.9 Å². The lowest BCUT2D eigenvalue weighted by Gasteiger charge is -2.22. The van der Waals surface area contributed by atoms with E-state index in [1.165, 1.54) is 0 Å². The Morgan fingerprint density at radius 1 is 1.00 bits per heavy atom. The molecule has 0 saturated heterocycles. The Bertz CT molecular complexity index is 975. The molecule has 1 amide bonds. The minimum Gasteiger partial charge on any atom is -0.497 e. The summed E-state index contributed by atoms with van der Waals surface area (Å²) in [5, 5.41) is 2.92. The molecule has 0 atom stereocenters. The molecule has 0 aliphatic heterocycles. The molecule has 158 valence electrons. The molecule has 1 aromatic heterocycles. The topological polar surface area (TPSA) is 63.9 Å². The van der Waals surface area contributed by atoms with Gasteiger partial charge >= 0.3 is 0 Å². The van der Waals surface area contributed by atoms with Crippen molar-refractivity contribution < 1.29 is 18.7 Å².